The molecule has 2 N–H and O–H groups in total. The van der Waals surface area contributed by atoms with Gasteiger partial charge in [0, 0.05) is 5.69 Å². The van der Waals surface area contributed by atoms with Crippen LogP contribution in [0.3, 0.4) is 0 Å². The predicted octanol–water partition coefficient (Wildman–Crippen LogP) is 1.57. The van der Waals surface area contributed by atoms with Crippen molar-refractivity contribution < 1.29 is 8.42 Å². The molecular formula is C10H13ClN2O2S. The quantitative estimate of drug-likeness (QED) is 0.833. The van der Waals surface area contributed by atoms with E-state index in [1.807, 2.05) is 0 Å². The van der Waals surface area contributed by atoms with E-state index in [0.29, 0.717) is 5.69 Å². The Bertz CT molecular complexity index is 540. The molecule has 0 atom stereocenters. The third kappa shape index (κ3) is 1.95. The summed E-state index contributed by atoms with van der Waals surface area (Å²) in [6.45, 7) is 1.63. The van der Waals surface area contributed by atoms with Crippen molar-refractivity contribution in [1.29, 1.82) is 0 Å². The molecule has 88 valence electrons. The number of fused-ring (bicyclic) bond motifs is 1. The first-order valence-electron chi connectivity index (χ1n) is 5.12. The van der Waals surface area contributed by atoms with Crippen molar-refractivity contribution in [2.24, 2.45) is 5.14 Å². The zero-order valence-corrected chi connectivity index (χ0v) is 10.5. The number of primary sulfonamides is 1. The minimum absolute atomic E-state index is 0.0187. The molecule has 0 spiro atoms. The van der Waals surface area contributed by atoms with E-state index in [-0.39, 0.29) is 9.92 Å². The van der Waals surface area contributed by atoms with Gasteiger partial charge in [-0.05, 0) is 38.2 Å². The van der Waals surface area contributed by atoms with Crippen LogP contribution in [0.2, 0.25) is 5.02 Å². The maximum atomic E-state index is 11.4. The molecule has 0 bridgehead atoms. The lowest BCUT2D eigenvalue weighted by Gasteiger charge is -2.19. The van der Waals surface area contributed by atoms with Crippen molar-refractivity contribution in [1.82, 2.24) is 4.98 Å². The lowest BCUT2D eigenvalue weighted by Crippen LogP contribution is -2.18. The van der Waals surface area contributed by atoms with E-state index in [9.17, 15) is 8.42 Å². The summed E-state index contributed by atoms with van der Waals surface area (Å²) in [5.41, 5.74) is 2.16. The molecule has 0 saturated heterocycles. The van der Waals surface area contributed by atoms with Gasteiger partial charge >= 0.3 is 0 Å². The molecule has 1 aromatic rings. The minimum atomic E-state index is -3.79. The second-order valence-corrected chi connectivity index (χ2v) is 5.89. The van der Waals surface area contributed by atoms with Crippen molar-refractivity contribution in [3.63, 3.8) is 0 Å². The predicted molar refractivity (Wildman–Crippen MR) is 62.0 cm³/mol. The van der Waals surface area contributed by atoms with Crippen LogP contribution in [-0.2, 0) is 22.9 Å². The molecule has 1 aliphatic carbocycles. The highest BCUT2D eigenvalue weighted by molar-refractivity contribution is 7.89. The number of hydrogen-bond donors (Lipinski definition) is 1. The molecule has 6 heteroatoms. The van der Waals surface area contributed by atoms with E-state index in [4.69, 9.17) is 16.7 Å². The van der Waals surface area contributed by atoms with Crippen LogP contribution in [0.5, 0.6) is 0 Å². The third-order valence-corrected chi connectivity index (χ3v) is 4.42. The average Bonchev–Trinajstić information content (AvgIpc) is 2.15. The Kier molecular flexibility index (Phi) is 2.94. The summed E-state index contributed by atoms with van der Waals surface area (Å²) in [5, 5.41) is 5.41. The summed E-state index contributed by atoms with van der Waals surface area (Å²) in [4.78, 5) is 4.28. The highest BCUT2D eigenvalue weighted by atomic mass is 35.5. The standard InChI is InChI=1S/C10H13ClN2O2S/c1-6-10(16(12,14)15)9(11)7-4-2-3-5-8(7)13-6/h2-5H2,1H3,(H2,12,14,15). The van der Waals surface area contributed by atoms with Gasteiger partial charge in [0.2, 0.25) is 10.0 Å². The maximum absolute atomic E-state index is 11.4. The first-order valence-corrected chi connectivity index (χ1v) is 7.04. The Morgan fingerprint density at radius 2 is 1.94 bits per heavy atom. The molecule has 0 radical (unpaired) electrons. The Hall–Kier alpha value is -0.650. The van der Waals surface area contributed by atoms with Crippen LogP contribution in [0.1, 0.15) is 29.8 Å². The molecule has 16 heavy (non-hydrogen) atoms. The molecular weight excluding hydrogens is 248 g/mol. The summed E-state index contributed by atoms with van der Waals surface area (Å²) in [5.74, 6) is 0. The van der Waals surface area contributed by atoms with Crippen LogP contribution in [0.15, 0.2) is 4.90 Å². The second kappa shape index (κ2) is 3.98. The van der Waals surface area contributed by atoms with Crippen LogP contribution in [0.4, 0.5) is 0 Å². The average molecular weight is 261 g/mol. The lowest BCUT2D eigenvalue weighted by atomic mass is 9.96. The van der Waals surface area contributed by atoms with E-state index in [1.54, 1.807) is 6.92 Å². The molecule has 1 aliphatic rings. The molecule has 2 rings (SSSR count). The van der Waals surface area contributed by atoms with Gasteiger partial charge in [-0.1, -0.05) is 11.6 Å². The summed E-state index contributed by atoms with van der Waals surface area (Å²) < 4.78 is 22.8. The summed E-state index contributed by atoms with van der Waals surface area (Å²) in [6.07, 6.45) is 3.73. The molecule has 0 fully saturated rings. The summed E-state index contributed by atoms with van der Waals surface area (Å²) >= 11 is 6.12. The fourth-order valence-corrected chi connectivity index (χ4v) is 3.62. The molecule has 0 aromatic carbocycles. The molecule has 4 nitrogen and oxygen atoms in total. The van der Waals surface area contributed by atoms with Gasteiger partial charge in [0.1, 0.15) is 4.90 Å². The number of hydrogen-bond acceptors (Lipinski definition) is 3. The van der Waals surface area contributed by atoms with E-state index >= 15 is 0 Å². The highest BCUT2D eigenvalue weighted by Crippen LogP contribution is 2.32. The number of nitrogens with zero attached hydrogens (tertiary/aromatic N) is 1. The van der Waals surface area contributed by atoms with Gasteiger partial charge in [-0.25, -0.2) is 13.6 Å². The highest BCUT2D eigenvalue weighted by Gasteiger charge is 2.24. The second-order valence-electron chi connectivity index (χ2n) is 4.02. The third-order valence-electron chi connectivity index (χ3n) is 2.82. The number of aromatic nitrogens is 1. The Balaban J connectivity index is 2.73. The van der Waals surface area contributed by atoms with Crippen LogP contribution in [0, 0.1) is 6.92 Å². The van der Waals surface area contributed by atoms with Gasteiger partial charge in [-0.3, -0.25) is 4.98 Å². The minimum Gasteiger partial charge on any atom is -0.256 e. The van der Waals surface area contributed by atoms with Crippen molar-refractivity contribution in [2.45, 2.75) is 37.5 Å². The molecule has 0 saturated carbocycles. The van der Waals surface area contributed by atoms with Gasteiger partial charge < -0.3 is 0 Å². The SMILES string of the molecule is Cc1nc2c(c(Cl)c1S(N)(=O)=O)CCCC2. The zero-order valence-electron chi connectivity index (χ0n) is 8.96. The largest absolute Gasteiger partial charge is 0.256 e. The first kappa shape index (κ1) is 11.8. The summed E-state index contributed by atoms with van der Waals surface area (Å²) in [6, 6.07) is 0. The Morgan fingerprint density at radius 3 is 2.56 bits per heavy atom. The van der Waals surface area contributed by atoms with E-state index in [1.165, 1.54) is 0 Å². The van der Waals surface area contributed by atoms with E-state index in [0.717, 1.165) is 36.9 Å². The normalized spacial score (nSPS) is 15.9. The number of rotatable bonds is 1. The van der Waals surface area contributed by atoms with Crippen molar-refractivity contribution >= 4 is 21.6 Å². The molecule has 1 heterocycles. The Morgan fingerprint density at radius 1 is 1.31 bits per heavy atom. The maximum Gasteiger partial charge on any atom is 0.241 e. The smallest absolute Gasteiger partial charge is 0.241 e. The van der Waals surface area contributed by atoms with Crippen LogP contribution in [0.25, 0.3) is 0 Å². The van der Waals surface area contributed by atoms with Gasteiger partial charge in [-0.2, -0.15) is 0 Å². The number of sulfonamides is 1. The van der Waals surface area contributed by atoms with Crippen LogP contribution in [-0.4, -0.2) is 13.4 Å². The van der Waals surface area contributed by atoms with Crippen molar-refractivity contribution in [2.75, 3.05) is 0 Å². The zero-order chi connectivity index (χ0) is 11.9. The van der Waals surface area contributed by atoms with Gasteiger partial charge in [0.25, 0.3) is 0 Å². The van der Waals surface area contributed by atoms with Crippen LogP contribution >= 0.6 is 11.6 Å². The molecule has 0 aliphatic heterocycles. The van der Waals surface area contributed by atoms with Gasteiger partial charge in [-0.15, -0.1) is 0 Å². The number of aryl methyl sites for hydroxylation is 2. The van der Waals surface area contributed by atoms with Gasteiger partial charge in [0.15, 0.2) is 0 Å². The fraction of sp³-hybridized carbons (Fsp3) is 0.500. The molecule has 1 aromatic heterocycles. The fourth-order valence-electron chi connectivity index (χ4n) is 2.13. The lowest BCUT2D eigenvalue weighted by molar-refractivity contribution is 0.594. The van der Waals surface area contributed by atoms with Crippen molar-refractivity contribution in [3.8, 4) is 0 Å². The molecule has 0 unspecified atom stereocenters. The number of pyridine rings is 1. The van der Waals surface area contributed by atoms with E-state index in [2.05, 4.69) is 4.98 Å². The molecule has 0 amide bonds. The number of nitrogens with two attached hydrogens (primary N) is 1. The topological polar surface area (TPSA) is 73.0 Å². The first-order chi connectivity index (χ1) is 7.41. The monoisotopic (exact) mass is 260 g/mol. The van der Waals surface area contributed by atoms with Crippen LogP contribution < -0.4 is 5.14 Å². The van der Waals surface area contributed by atoms with Gasteiger partial charge in [0.05, 0.1) is 10.7 Å². The van der Waals surface area contributed by atoms with E-state index < -0.39 is 10.0 Å². The number of halogens is 1. The summed E-state index contributed by atoms with van der Waals surface area (Å²) in [7, 11) is -3.79. The van der Waals surface area contributed by atoms with Crippen molar-refractivity contribution in [3.05, 3.63) is 22.0 Å². The Labute approximate surface area is 99.9 Å².